The summed E-state index contributed by atoms with van der Waals surface area (Å²) in [5.74, 6) is 0.532. The number of oxazole rings is 1. The van der Waals surface area contributed by atoms with Gasteiger partial charge in [-0.2, -0.15) is 0 Å². The minimum atomic E-state index is -0.290. The van der Waals surface area contributed by atoms with Crippen LogP contribution in [0.25, 0.3) is 11.5 Å². The summed E-state index contributed by atoms with van der Waals surface area (Å²) < 4.78 is 18.4. The Kier molecular flexibility index (Phi) is 5.31. The number of nitrogens with zero attached hydrogens (tertiary/aromatic N) is 2. The van der Waals surface area contributed by atoms with Crippen molar-refractivity contribution < 1.29 is 8.81 Å². The van der Waals surface area contributed by atoms with Crippen molar-refractivity contribution in [1.29, 1.82) is 0 Å². The first-order chi connectivity index (χ1) is 12.5. The molecule has 0 saturated heterocycles. The minimum absolute atomic E-state index is 0.290. The molecule has 3 N–H and O–H groups in total. The summed E-state index contributed by atoms with van der Waals surface area (Å²) in [6, 6.07) is 12.2. The molecule has 2 aromatic carbocycles. The Hall–Kier alpha value is -3.15. The average Bonchev–Trinajstić information content (AvgIpc) is 3.03. The van der Waals surface area contributed by atoms with Gasteiger partial charge in [0.15, 0.2) is 5.96 Å². The number of guanidine groups is 1. The van der Waals surface area contributed by atoms with E-state index in [1.54, 1.807) is 18.4 Å². The average molecular weight is 352 g/mol. The van der Waals surface area contributed by atoms with E-state index >= 15 is 0 Å². The van der Waals surface area contributed by atoms with Crippen LogP contribution < -0.4 is 11.1 Å². The highest BCUT2D eigenvalue weighted by Crippen LogP contribution is 2.19. The first-order valence-electron chi connectivity index (χ1n) is 8.35. The molecule has 0 radical (unpaired) electrons. The zero-order chi connectivity index (χ0) is 18.5. The number of nitrogens with one attached hydrogen (secondary N) is 1. The van der Waals surface area contributed by atoms with E-state index < -0.39 is 0 Å². The van der Waals surface area contributed by atoms with Crippen molar-refractivity contribution in [2.24, 2.45) is 10.7 Å². The fourth-order valence-electron chi connectivity index (χ4n) is 2.67. The molecule has 6 heteroatoms. The Morgan fingerprint density at radius 3 is 2.54 bits per heavy atom. The number of rotatable bonds is 5. The second-order valence-corrected chi connectivity index (χ2v) is 6.17. The van der Waals surface area contributed by atoms with Crippen molar-refractivity contribution in [3.8, 4) is 11.5 Å². The summed E-state index contributed by atoms with van der Waals surface area (Å²) in [6.45, 7) is 4.56. The van der Waals surface area contributed by atoms with E-state index in [1.165, 1.54) is 12.1 Å². The normalized spacial score (nSPS) is 11.6. The van der Waals surface area contributed by atoms with Crippen LogP contribution in [0.2, 0.25) is 0 Å². The predicted molar refractivity (Wildman–Crippen MR) is 102 cm³/mol. The largest absolute Gasteiger partial charge is 0.444 e. The van der Waals surface area contributed by atoms with Crippen LogP contribution in [-0.4, -0.2) is 17.5 Å². The first-order valence-corrected chi connectivity index (χ1v) is 8.35. The van der Waals surface area contributed by atoms with E-state index in [0.29, 0.717) is 24.8 Å². The number of aromatic nitrogens is 1. The van der Waals surface area contributed by atoms with Crippen molar-refractivity contribution in [3.05, 3.63) is 71.4 Å². The summed E-state index contributed by atoms with van der Waals surface area (Å²) in [5, 5.41) is 3.09. The first kappa shape index (κ1) is 17.7. The molecule has 5 nitrogen and oxygen atoms in total. The predicted octanol–water partition coefficient (Wildman–Crippen LogP) is 4.07. The van der Waals surface area contributed by atoms with Crippen LogP contribution >= 0.6 is 0 Å². The number of hydrogen-bond acceptors (Lipinski definition) is 3. The van der Waals surface area contributed by atoms with Crippen molar-refractivity contribution in [1.82, 2.24) is 4.98 Å². The molecular formula is C20H21FN4O. The third kappa shape index (κ3) is 4.69. The maximum atomic E-state index is 13.0. The molecule has 1 heterocycles. The molecule has 1 aromatic heterocycles. The van der Waals surface area contributed by atoms with Crippen LogP contribution in [0.4, 0.5) is 10.1 Å². The number of halogens is 1. The lowest BCUT2D eigenvalue weighted by Crippen LogP contribution is -2.23. The van der Waals surface area contributed by atoms with Crippen LogP contribution in [0.3, 0.4) is 0 Å². The van der Waals surface area contributed by atoms with Gasteiger partial charge in [0, 0.05) is 24.2 Å². The van der Waals surface area contributed by atoms with E-state index in [-0.39, 0.29) is 5.82 Å². The molecule has 0 atom stereocenters. The van der Waals surface area contributed by atoms with Crippen LogP contribution in [0, 0.1) is 19.7 Å². The van der Waals surface area contributed by atoms with Crippen LogP contribution in [0.1, 0.15) is 16.8 Å². The van der Waals surface area contributed by atoms with Gasteiger partial charge in [-0.25, -0.2) is 9.37 Å². The Balaban J connectivity index is 1.57. The molecule has 0 unspecified atom stereocenters. The maximum Gasteiger partial charge on any atom is 0.226 e. The smallest absolute Gasteiger partial charge is 0.226 e. The molecule has 0 bridgehead atoms. The van der Waals surface area contributed by atoms with Gasteiger partial charge in [0.1, 0.15) is 12.1 Å². The lowest BCUT2D eigenvalue weighted by Gasteiger charge is -2.07. The van der Waals surface area contributed by atoms with Gasteiger partial charge in [-0.3, -0.25) is 4.99 Å². The van der Waals surface area contributed by atoms with Crippen molar-refractivity contribution in [2.75, 3.05) is 11.9 Å². The van der Waals surface area contributed by atoms with Gasteiger partial charge >= 0.3 is 0 Å². The fourth-order valence-corrected chi connectivity index (χ4v) is 2.67. The van der Waals surface area contributed by atoms with Gasteiger partial charge in [0.05, 0.1) is 5.69 Å². The van der Waals surface area contributed by atoms with Crippen molar-refractivity contribution in [2.45, 2.75) is 20.3 Å². The molecule has 0 fully saturated rings. The number of hydrogen-bond donors (Lipinski definition) is 2. The maximum absolute atomic E-state index is 13.0. The monoisotopic (exact) mass is 352 g/mol. The summed E-state index contributed by atoms with van der Waals surface area (Å²) in [4.78, 5) is 8.71. The summed E-state index contributed by atoms with van der Waals surface area (Å²) in [5.41, 5.74) is 10.7. The van der Waals surface area contributed by atoms with E-state index in [9.17, 15) is 4.39 Å². The Morgan fingerprint density at radius 1 is 1.15 bits per heavy atom. The molecule has 0 saturated carbocycles. The van der Waals surface area contributed by atoms with Gasteiger partial charge in [0.2, 0.25) is 5.89 Å². The van der Waals surface area contributed by atoms with Gasteiger partial charge in [-0.15, -0.1) is 0 Å². The van der Waals surface area contributed by atoms with E-state index in [2.05, 4.69) is 21.4 Å². The van der Waals surface area contributed by atoms with Crippen LogP contribution in [-0.2, 0) is 6.42 Å². The van der Waals surface area contributed by atoms with Crippen LogP contribution in [0.15, 0.2) is 58.1 Å². The molecule has 3 rings (SSSR count). The number of aryl methyl sites for hydroxylation is 2. The van der Waals surface area contributed by atoms with Crippen molar-refractivity contribution >= 4 is 11.6 Å². The Bertz CT molecular complexity index is 896. The third-order valence-electron chi connectivity index (χ3n) is 3.79. The molecule has 0 spiro atoms. The highest BCUT2D eigenvalue weighted by molar-refractivity contribution is 5.92. The zero-order valence-corrected chi connectivity index (χ0v) is 14.8. The summed E-state index contributed by atoms with van der Waals surface area (Å²) in [7, 11) is 0. The third-order valence-corrected chi connectivity index (χ3v) is 3.79. The second-order valence-electron chi connectivity index (χ2n) is 6.17. The highest BCUT2D eigenvalue weighted by Gasteiger charge is 2.07. The standard InChI is InChI=1S/C20H21FN4O/c1-13-9-14(2)11-18(10-13)25-20(22)23-8-7-17-12-26-19(24-17)15-3-5-16(21)6-4-15/h3-6,9-12H,7-8H2,1-2H3,(H3,22,23,25). The van der Waals surface area contributed by atoms with Gasteiger partial charge in [-0.1, -0.05) is 6.07 Å². The number of benzene rings is 2. The Morgan fingerprint density at radius 2 is 1.85 bits per heavy atom. The topological polar surface area (TPSA) is 76.4 Å². The van der Waals surface area contributed by atoms with Crippen LogP contribution in [0.5, 0.6) is 0 Å². The molecular weight excluding hydrogens is 331 g/mol. The summed E-state index contributed by atoms with van der Waals surface area (Å²) >= 11 is 0. The van der Waals surface area contributed by atoms with Gasteiger partial charge in [0.25, 0.3) is 0 Å². The van der Waals surface area contributed by atoms with E-state index in [0.717, 1.165) is 28.1 Å². The van der Waals surface area contributed by atoms with Gasteiger partial charge < -0.3 is 15.5 Å². The molecule has 0 amide bonds. The quantitative estimate of drug-likeness (QED) is 0.536. The molecule has 0 aliphatic heterocycles. The lowest BCUT2D eigenvalue weighted by atomic mass is 10.1. The number of anilines is 1. The lowest BCUT2D eigenvalue weighted by molar-refractivity contribution is 0.572. The molecule has 3 aromatic rings. The number of aliphatic imine (C=N–C) groups is 1. The van der Waals surface area contributed by atoms with E-state index in [1.807, 2.05) is 26.0 Å². The molecule has 134 valence electrons. The molecule has 0 aliphatic carbocycles. The van der Waals surface area contributed by atoms with Gasteiger partial charge in [-0.05, 0) is 61.4 Å². The Labute approximate surface area is 151 Å². The van der Waals surface area contributed by atoms with Crippen molar-refractivity contribution in [3.63, 3.8) is 0 Å². The van der Waals surface area contributed by atoms with E-state index in [4.69, 9.17) is 10.2 Å². The fraction of sp³-hybridized carbons (Fsp3) is 0.200. The SMILES string of the molecule is Cc1cc(C)cc(NC(N)=NCCc2coc(-c3ccc(F)cc3)n2)c1. The summed E-state index contributed by atoms with van der Waals surface area (Å²) in [6.07, 6.45) is 2.18. The zero-order valence-electron chi connectivity index (χ0n) is 14.8. The number of nitrogens with two attached hydrogens (primary N) is 1. The molecule has 26 heavy (non-hydrogen) atoms. The highest BCUT2D eigenvalue weighted by atomic mass is 19.1. The minimum Gasteiger partial charge on any atom is -0.444 e. The second kappa shape index (κ2) is 7.82. The molecule has 0 aliphatic rings.